The summed E-state index contributed by atoms with van der Waals surface area (Å²) in [4.78, 5) is 26.0. The molecule has 8 heteroatoms. The van der Waals surface area contributed by atoms with Crippen molar-refractivity contribution in [1.29, 1.82) is 0 Å². The summed E-state index contributed by atoms with van der Waals surface area (Å²) < 4.78 is 5.29. The fourth-order valence-electron chi connectivity index (χ4n) is 3.33. The topological polar surface area (TPSA) is 117 Å². The van der Waals surface area contributed by atoms with Crippen molar-refractivity contribution in [2.24, 2.45) is 0 Å². The number of methoxy groups -OCH3 is 1. The van der Waals surface area contributed by atoms with Crippen molar-refractivity contribution in [3.05, 3.63) is 87.2 Å². The number of non-ortho nitro benzene ring substituents is 1. The third kappa shape index (κ3) is 3.90. The van der Waals surface area contributed by atoms with Crippen LogP contribution in [0.3, 0.4) is 0 Å². The number of aromatic amines is 1. The standard InChI is InChI=1S/C23H17N3O5/c1-31-21-10-11-24-19(21)13-17-22-14(4-3-7-18(22)25-23(17)28)8-9-20(27)15-5-2-6-16(12-15)26(29)30/h2-7,10-13,20,24,27H,1H3,(H,25,28)/b17-13-. The molecule has 1 aliphatic rings. The first-order valence-electron chi connectivity index (χ1n) is 9.29. The highest BCUT2D eigenvalue weighted by atomic mass is 16.6. The summed E-state index contributed by atoms with van der Waals surface area (Å²) >= 11 is 0. The molecule has 1 amide bonds. The summed E-state index contributed by atoms with van der Waals surface area (Å²) in [5.74, 6) is 5.94. The highest BCUT2D eigenvalue weighted by molar-refractivity contribution is 6.35. The number of amides is 1. The highest BCUT2D eigenvalue weighted by Crippen LogP contribution is 2.36. The van der Waals surface area contributed by atoms with Crippen LogP contribution in [0.4, 0.5) is 11.4 Å². The number of aromatic nitrogens is 1. The lowest BCUT2D eigenvalue weighted by atomic mass is 9.99. The van der Waals surface area contributed by atoms with Gasteiger partial charge in [-0.05, 0) is 29.8 Å². The number of ether oxygens (including phenoxy) is 1. The van der Waals surface area contributed by atoms with Gasteiger partial charge in [0.05, 0.1) is 29.0 Å². The number of nitro benzene ring substituents is 1. The Morgan fingerprint density at radius 3 is 2.81 bits per heavy atom. The first-order chi connectivity index (χ1) is 15.0. The van der Waals surface area contributed by atoms with E-state index in [9.17, 15) is 20.0 Å². The van der Waals surface area contributed by atoms with E-state index in [0.717, 1.165) is 0 Å². The molecule has 0 fully saturated rings. The number of rotatable bonds is 4. The molecule has 0 saturated carbocycles. The van der Waals surface area contributed by atoms with Gasteiger partial charge in [-0.3, -0.25) is 14.9 Å². The summed E-state index contributed by atoms with van der Waals surface area (Å²) in [6.45, 7) is 0. The molecule has 31 heavy (non-hydrogen) atoms. The van der Waals surface area contributed by atoms with E-state index < -0.39 is 11.0 Å². The normalized spacial score (nSPS) is 14.4. The minimum Gasteiger partial charge on any atom is -0.495 e. The molecule has 1 aliphatic heterocycles. The van der Waals surface area contributed by atoms with Crippen LogP contribution < -0.4 is 10.1 Å². The van der Waals surface area contributed by atoms with Gasteiger partial charge in [0.15, 0.2) is 0 Å². The molecule has 0 saturated heterocycles. The number of nitrogens with zero attached hydrogens (tertiary/aromatic N) is 1. The van der Waals surface area contributed by atoms with E-state index in [2.05, 4.69) is 22.1 Å². The van der Waals surface area contributed by atoms with Gasteiger partial charge in [-0.15, -0.1) is 0 Å². The van der Waals surface area contributed by atoms with E-state index >= 15 is 0 Å². The number of hydrogen-bond donors (Lipinski definition) is 3. The van der Waals surface area contributed by atoms with Gasteiger partial charge in [0.25, 0.3) is 11.6 Å². The minimum atomic E-state index is -1.23. The molecule has 0 bridgehead atoms. The number of nitrogens with one attached hydrogen (secondary N) is 2. The fourth-order valence-corrected chi connectivity index (χ4v) is 3.33. The Bertz CT molecular complexity index is 1280. The maximum atomic E-state index is 12.6. The van der Waals surface area contributed by atoms with Crippen LogP contribution in [-0.2, 0) is 4.79 Å². The molecular formula is C23H17N3O5. The minimum absolute atomic E-state index is 0.126. The van der Waals surface area contributed by atoms with Crippen LogP contribution in [0.1, 0.15) is 28.5 Å². The van der Waals surface area contributed by atoms with Crippen molar-refractivity contribution in [2.45, 2.75) is 6.10 Å². The Morgan fingerprint density at radius 2 is 2.03 bits per heavy atom. The van der Waals surface area contributed by atoms with E-state index in [4.69, 9.17) is 4.74 Å². The van der Waals surface area contributed by atoms with Crippen LogP contribution in [0.15, 0.2) is 54.7 Å². The molecule has 3 N–H and O–H groups in total. The third-order valence-corrected chi connectivity index (χ3v) is 4.81. The lowest BCUT2D eigenvalue weighted by Gasteiger charge is -2.05. The zero-order valence-corrected chi connectivity index (χ0v) is 16.4. The van der Waals surface area contributed by atoms with Crippen LogP contribution in [-0.4, -0.2) is 28.0 Å². The number of carbonyl (C=O) groups excluding carboxylic acids is 1. The van der Waals surface area contributed by atoms with Crippen LogP contribution in [0, 0.1) is 22.0 Å². The second-order valence-corrected chi connectivity index (χ2v) is 6.72. The number of hydrogen-bond acceptors (Lipinski definition) is 5. The molecule has 4 rings (SSSR count). The largest absolute Gasteiger partial charge is 0.495 e. The molecule has 1 atom stereocenters. The number of fused-ring (bicyclic) bond motifs is 1. The summed E-state index contributed by atoms with van der Waals surface area (Å²) in [6.07, 6.45) is 2.17. The van der Waals surface area contributed by atoms with Gasteiger partial charge in [-0.25, -0.2) is 0 Å². The monoisotopic (exact) mass is 415 g/mol. The van der Waals surface area contributed by atoms with E-state index in [0.29, 0.717) is 39.4 Å². The quantitative estimate of drug-likeness (QED) is 0.261. The molecular weight excluding hydrogens is 398 g/mol. The first kappa shape index (κ1) is 19.9. The molecule has 0 spiro atoms. The van der Waals surface area contributed by atoms with E-state index in [1.54, 1.807) is 49.7 Å². The number of aliphatic hydroxyl groups excluding tert-OH is 1. The van der Waals surface area contributed by atoms with E-state index in [1.807, 2.05) is 0 Å². The molecule has 154 valence electrons. The average molecular weight is 415 g/mol. The van der Waals surface area contributed by atoms with Crippen LogP contribution in [0.2, 0.25) is 0 Å². The number of carbonyl (C=O) groups is 1. The highest BCUT2D eigenvalue weighted by Gasteiger charge is 2.27. The van der Waals surface area contributed by atoms with Gasteiger partial charge in [0.2, 0.25) is 0 Å². The predicted molar refractivity (Wildman–Crippen MR) is 115 cm³/mol. The van der Waals surface area contributed by atoms with Crippen LogP contribution >= 0.6 is 0 Å². The molecule has 8 nitrogen and oxygen atoms in total. The Labute approximate surface area is 177 Å². The molecule has 0 radical (unpaired) electrons. The zero-order chi connectivity index (χ0) is 22.0. The molecule has 2 aromatic carbocycles. The average Bonchev–Trinajstić information content (AvgIpc) is 3.36. The van der Waals surface area contributed by atoms with Gasteiger partial charge in [0.1, 0.15) is 11.9 Å². The first-order valence-corrected chi connectivity index (χ1v) is 9.29. The molecule has 1 aromatic heterocycles. The number of nitro groups is 1. The number of anilines is 1. The maximum Gasteiger partial charge on any atom is 0.269 e. The lowest BCUT2D eigenvalue weighted by Crippen LogP contribution is -2.03. The smallest absolute Gasteiger partial charge is 0.269 e. The Hall–Kier alpha value is -4.35. The van der Waals surface area contributed by atoms with E-state index in [1.165, 1.54) is 18.2 Å². The third-order valence-electron chi connectivity index (χ3n) is 4.81. The van der Waals surface area contributed by atoms with Crippen molar-refractivity contribution in [3.63, 3.8) is 0 Å². The van der Waals surface area contributed by atoms with Gasteiger partial charge >= 0.3 is 0 Å². The zero-order valence-electron chi connectivity index (χ0n) is 16.4. The van der Waals surface area contributed by atoms with Gasteiger partial charge in [-0.2, -0.15) is 0 Å². The van der Waals surface area contributed by atoms with Crippen molar-refractivity contribution in [3.8, 4) is 17.6 Å². The number of H-pyrrole nitrogens is 1. The molecule has 2 heterocycles. The summed E-state index contributed by atoms with van der Waals surface area (Å²) in [7, 11) is 1.54. The van der Waals surface area contributed by atoms with Gasteiger partial charge < -0.3 is 20.1 Å². The lowest BCUT2D eigenvalue weighted by molar-refractivity contribution is -0.385. The maximum absolute atomic E-state index is 12.6. The fraction of sp³-hybridized carbons (Fsp3) is 0.0870. The molecule has 0 aliphatic carbocycles. The summed E-state index contributed by atoms with van der Waals surface area (Å²) in [5, 5.41) is 24.2. The molecule has 1 unspecified atom stereocenters. The second kappa shape index (κ2) is 8.18. The Balaban J connectivity index is 1.72. The Kier molecular flexibility index (Phi) is 5.26. The second-order valence-electron chi connectivity index (χ2n) is 6.72. The summed E-state index contributed by atoms with van der Waals surface area (Å²) in [6, 6.07) is 12.7. The summed E-state index contributed by atoms with van der Waals surface area (Å²) in [5.41, 5.74) is 3.00. The SMILES string of the molecule is COc1cc[nH]c1/C=C1\C(=O)Nc2cccc(C#CC(O)c3cccc([N+](=O)[O-])c3)c21. The van der Waals surface area contributed by atoms with Gasteiger partial charge in [0, 0.05) is 29.5 Å². The van der Waals surface area contributed by atoms with Crippen molar-refractivity contribution >= 4 is 28.9 Å². The predicted octanol–water partition coefficient (Wildman–Crippen LogP) is 3.51. The van der Waals surface area contributed by atoms with Crippen molar-refractivity contribution in [1.82, 2.24) is 4.98 Å². The Morgan fingerprint density at radius 1 is 1.23 bits per heavy atom. The van der Waals surface area contributed by atoms with Crippen molar-refractivity contribution in [2.75, 3.05) is 12.4 Å². The van der Waals surface area contributed by atoms with E-state index in [-0.39, 0.29) is 11.6 Å². The van der Waals surface area contributed by atoms with Crippen LogP contribution in [0.5, 0.6) is 5.75 Å². The number of aliphatic hydroxyl groups is 1. The van der Waals surface area contributed by atoms with Crippen molar-refractivity contribution < 1.29 is 19.6 Å². The molecule has 3 aromatic rings. The van der Waals surface area contributed by atoms with Crippen LogP contribution in [0.25, 0.3) is 11.6 Å². The number of benzene rings is 2. The van der Waals surface area contributed by atoms with Gasteiger partial charge in [-0.1, -0.05) is 30.0 Å².